The quantitative estimate of drug-likeness (QED) is 0.460. The van der Waals surface area contributed by atoms with Gasteiger partial charge in [-0.25, -0.2) is 0 Å². The number of amides is 2. The Morgan fingerprint density at radius 1 is 1.04 bits per heavy atom. The molecule has 0 N–H and O–H groups in total. The van der Waals surface area contributed by atoms with E-state index in [0.717, 1.165) is 0 Å². The lowest BCUT2D eigenvalue weighted by Gasteiger charge is -2.15. The average molecular weight is 379 g/mol. The van der Waals surface area contributed by atoms with Gasteiger partial charge in [-0.3, -0.25) is 14.5 Å². The first-order valence-electron chi connectivity index (χ1n) is 8.62. The Morgan fingerprint density at radius 2 is 1.77 bits per heavy atom. The van der Waals surface area contributed by atoms with E-state index in [1.807, 2.05) is 13.8 Å². The molecule has 2 amide bonds. The third kappa shape index (κ3) is 4.22. The van der Waals surface area contributed by atoms with Crippen LogP contribution < -0.4 is 9.47 Å². The number of nitrogens with zero attached hydrogens (tertiary/aromatic N) is 1. The molecule has 0 atom stereocenters. The molecule has 0 spiro atoms. The SMILES string of the molecule is CCOCCCN1C(=O)C(SCC)=C(c2ccc(OC)c(OC)c2)C1=O. The number of carbonyl (C=O) groups excluding carboxylic acids is 2. The van der Waals surface area contributed by atoms with E-state index in [-0.39, 0.29) is 11.8 Å². The van der Waals surface area contributed by atoms with E-state index in [1.54, 1.807) is 32.4 Å². The van der Waals surface area contributed by atoms with Crippen LogP contribution in [0.15, 0.2) is 23.1 Å². The Labute approximate surface area is 158 Å². The zero-order valence-corrected chi connectivity index (χ0v) is 16.5. The molecule has 1 aromatic carbocycles. The number of methoxy groups -OCH3 is 2. The van der Waals surface area contributed by atoms with Gasteiger partial charge in [0.15, 0.2) is 11.5 Å². The molecule has 1 aromatic rings. The van der Waals surface area contributed by atoms with Crippen LogP contribution >= 0.6 is 11.8 Å². The fourth-order valence-corrected chi connectivity index (χ4v) is 3.62. The zero-order valence-electron chi connectivity index (χ0n) is 15.7. The molecule has 6 nitrogen and oxygen atoms in total. The summed E-state index contributed by atoms with van der Waals surface area (Å²) in [6.45, 7) is 5.37. The van der Waals surface area contributed by atoms with E-state index in [4.69, 9.17) is 14.2 Å². The predicted octanol–water partition coefficient (Wildman–Crippen LogP) is 2.96. The van der Waals surface area contributed by atoms with Crippen molar-refractivity contribution in [2.75, 3.05) is 39.7 Å². The van der Waals surface area contributed by atoms with E-state index < -0.39 is 0 Å². The molecule has 26 heavy (non-hydrogen) atoms. The molecule has 0 aromatic heterocycles. The monoisotopic (exact) mass is 379 g/mol. The molecule has 0 unspecified atom stereocenters. The molecule has 7 heteroatoms. The molecular formula is C19H25NO5S. The van der Waals surface area contributed by atoms with Gasteiger partial charge in [-0.15, -0.1) is 11.8 Å². The molecular weight excluding hydrogens is 354 g/mol. The lowest BCUT2D eigenvalue weighted by Crippen LogP contribution is -2.33. The van der Waals surface area contributed by atoms with E-state index in [9.17, 15) is 9.59 Å². The van der Waals surface area contributed by atoms with Crippen LogP contribution in [0, 0.1) is 0 Å². The van der Waals surface area contributed by atoms with Crippen LogP contribution in [-0.2, 0) is 14.3 Å². The van der Waals surface area contributed by atoms with Crippen molar-refractivity contribution in [3.63, 3.8) is 0 Å². The van der Waals surface area contributed by atoms with E-state index >= 15 is 0 Å². The smallest absolute Gasteiger partial charge is 0.267 e. The maximum absolute atomic E-state index is 12.9. The normalized spacial score (nSPS) is 14.4. The van der Waals surface area contributed by atoms with Crippen molar-refractivity contribution in [2.24, 2.45) is 0 Å². The molecule has 0 fully saturated rings. The van der Waals surface area contributed by atoms with Crippen molar-refractivity contribution >= 4 is 29.1 Å². The van der Waals surface area contributed by atoms with Crippen LogP contribution in [0.5, 0.6) is 11.5 Å². The standard InChI is InChI=1S/C19H25NO5S/c1-5-25-11-7-10-20-18(21)16(17(19(20)22)26-6-2)13-8-9-14(23-3)15(12-13)24-4/h8-9,12H,5-7,10-11H2,1-4H3. The highest BCUT2D eigenvalue weighted by molar-refractivity contribution is 8.04. The van der Waals surface area contributed by atoms with Crippen LogP contribution in [0.3, 0.4) is 0 Å². The van der Waals surface area contributed by atoms with Crippen LogP contribution in [0.2, 0.25) is 0 Å². The van der Waals surface area contributed by atoms with Gasteiger partial charge in [0.1, 0.15) is 0 Å². The number of benzene rings is 1. The number of ether oxygens (including phenoxy) is 3. The number of imide groups is 1. The van der Waals surface area contributed by atoms with Crippen LogP contribution in [-0.4, -0.2) is 56.4 Å². The summed E-state index contributed by atoms with van der Waals surface area (Å²) in [6.07, 6.45) is 0.620. The lowest BCUT2D eigenvalue weighted by molar-refractivity contribution is -0.136. The second-order valence-electron chi connectivity index (χ2n) is 5.52. The highest BCUT2D eigenvalue weighted by atomic mass is 32.2. The van der Waals surface area contributed by atoms with Crippen molar-refractivity contribution in [3.05, 3.63) is 28.7 Å². The predicted molar refractivity (Wildman–Crippen MR) is 102 cm³/mol. The molecule has 1 aliphatic heterocycles. The second kappa shape index (κ2) is 9.64. The summed E-state index contributed by atoms with van der Waals surface area (Å²) in [6, 6.07) is 5.26. The lowest BCUT2D eigenvalue weighted by atomic mass is 10.1. The largest absolute Gasteiger partial charge is 0.493 e. The van der Waals surface area contributed by atoms with Gasteiger partial charge < -0.3 is 14.2 Å². The molecule has 1 aliphatic rings. The van der Waals surface area contributed by atoms with Gasteiger partial charge in [-0.2, -0.15) is 0 Å². The fraction of sp³-hybridized carbons (Fsp3) is 0.474. The Kier molecular flexibility index (Phi) is 7.53. The third-order valence-electron chi connectivity index (χ3n) is 3.96. The van der Waals surface area contributed by atoms with Gasteiger partial charge in [0.2, 0.25) is 0 Å². The number of hydrogen-bond acceptors (Lipinski definition) is 6. The Morgan fingerprint density at radius 3 is 2.38 bits per heavy atom. The fourth-order valence-electron chi connectivity index (χ4n) is 2.75. The van der Waals surface area contributed by atoms with Crippen molar-refractivity contribution < 1.29 is 23.8 Å². The highest BCUT2D eigenvalue weighted by Crippen LogP contribution is 2.38. The van der Waals surface area contributed by atoms with Gasteiger partial charge in [-0.1, -0.05) is 13.0 Å². The van der Waals surface area contributed by atoms with Crippen LogP contribution in [0.25, 0.3) is 5.57 Å². The molecule has 142 valence electrons. The Hall–Kier alpha value is -1.99. The van der Waals surface area contributed by atoms with E-state index in [2.05, 4.69) is 0 Å². The molecule has 1 heterocycles. The minimum atomic E-state index is -0.269. The molecule has 0 radical (unpaired) electrons. The van der Waals surface area contributed by atoms with Gasteiger partial charge in [0, 0.05) is 19.8 Å². The van der Waals surface area contributed by atoms with E-state index in [1.165, 1.54) is 16.7 Å². The Bertz CT molecular complexity index is 701. The van der Waals surface area contributed by atoms with Crippen molar-refractivity contribution in [3.8, 4) is 11.5 Å². The summed E-state index contributed by atoms with van der Waals surface area (Å²) in [5.41, 5.74) is 1.09. The average Bonchev–Trinajstić information content (AvgIpc) is 2.89. The van der Waals surface area contributed by atoms with Crippen molar-refractivity contribution in [1.82, 2.24) is 4.90 Å². The van der Waals surface area contributed by atoms with Crippen molar-refractivity contribution in [2.45, 2.75) is 20.3 Å². The Balaban J connectivity index is 2.34. The summed E-state index contributed by atoms with van der Waals surface area (Å²) >= 11 is 1.39. The minimum absolute atomic E-state index is 0.233. The van der Waals surface area contributed by atoms with Gasteiger partial charge in [-0.05, 0) is 36.8 Å². The summed E-state index contributed by atoms with van der Waals surface area (Å²) in [7, 11) is 3.10. The summed E-state index contributed by atoms with van der Waals surface area (Å²) in [5.74, 6) is 1.30. The topological polar surface area (TPSA) is 65.1 Å². The number of hydrogen-bond donors (Lipinski definition) is 0. The first-order chi connectivity index (χ1) is 12.6. The molecule has 0 saturated carbocycles. The molecule has 0 bridgehead atoms. The summed E-state index contributed by atoms with van der Waals surface area (Å²) in [5, 5.41) is 0. The second-order valence-corrected chi connectivity index (χ2v) is 6.79. The van der Waals surface area contributed by atoms with Crippen LogP contribution in [0.1, 0.15) is 25.8 Å². The summed E-state index contributed by atoms with van der Waals surface area (Å²) < 4.78 is 15.9. The highest BCUT2D eigenvalue weighted by Gasteiger charge is 2.38. The third-order valence-corrected chi connectivity index (χ3v) is 4.92. The van der Waals surface area contributed by atoms with Crippen molar-refractivity contribution in [1.29, 1.82) is 0 Å². The first-order valence-corrected chi connectivity index (χ1v) is 9.60. The zero-order chi connectivity index (χ0) is 19.1. The number of rotatable bonds is 10. The first kappa shape index (κ1) is 20.3. The van der Waals surface area contributed by atoms with Gasteiger partial charge >= 0.3 is 0 Å². The van der Waals surface area contributed by atoms with E-state index in [0.29, 0.717) is 59.5 Å². The van der Waals surface area contributed by atoms with Gasteiger partial charge in [0.25, 0.3) is 11.8 Å². The molecule has 0 aliphatic carbocycles. The summed E-state index contributed by atoms with van der Waals surface area (Å²) in [4.78, 5) is 27.5. The van der Waals surface area contributed by atoms with Crippen LogP contribution in [0.4, 0.5) is 0 Å². The van der Waals surface area contributed by atoms with Gasteiger partial charge in [0.05, 0.1) is 24.7 Å². The number of carbonyl (C=O) groups is 2. The molecule has 0 saturated heterocycles. The number of thioether (sulfide) groups is 1. The minimum Gasteiger partial charge on any atom is -0.493 e. The maximum atomic E-state index is 12.9. The molecule has 2 rings (SSSR count). The maximum Gasteiger partial charge on any atom is 0.267 e.